The van der Waals surface area contributed by atoms with Crippen molar-refractivity contribution in [2.75, 3.05) is 0 Å². The molecule has 2 aromatic heterocycles. The van der Waals surface area contributed by atoms with E-state index in [4.69, 9.17) is 0 Å². The molecule has 0 saturated heterocycles. The van der Waals surface area contributed by atoms with Crippen molar-refractivity contribution in [1.29, 1.82) is 0 Å². The van der Waals surface area contributed by atoms with Crippen LogP contribution >= 0.6 is 11.3 Å². The Hall–Kier alpha value is -3.78. The molecule has 7 nitrogen and oxygen atoms in total. The van der Waals surface area contributed by atoms with Crippen LogP contribution in [0.4, 0.5) is 5.69 Å². The van der Waals surface area contributed by atoms with Crippen LogP contribution in [0.15, 0.2) is 53.6 Å². The molecular formula is C24H22N4O3S. The van der Waals surface area contributed by atoms with Crippen molar-refractivity contribution in [3.8, 4) is 5.69 Å². The number of benzene rings is 2. The number of nitrogens with zero attached hydrogens (tertiary/aromatic N) is 3. The van der Waals surface area contributed by atoms with Crippen molar-refractivity contribution in [3.63, 3.8) is 0 Å². The molecule has 2 heterocycles. The minimum atomic E-state index is -0.449. The molecule has 1 N–H and O–H groups in total. The molecule has 0 aliphatic heterocycles. The maximum absolute atomic E-state index is 12.5. The number of aryl methyl sites for hydroxylation is 3. The smallest absolute Gasteiger partial charge is 0.281 e. The van der Waals surface area contributed by atoms with E-state index >= 15 is 0 Å². The van der Waals surface area contributed by atoms with E-state index in [-0.39, 0.29) is 11.6 Å². The van der Waals surface area contributed by atoms with Gasteiger partial charge in [0.25, 0.3) is 11.6 Å². The average Bonchev–Trinajstić information content (AvgIpc) is 3.30. The second kappa shape index (κ2) is 8.39. The highest BCUT2D eigenvalue weighted by Crippen LogP contribution is 2.29. The second-order valence-corrected chi connectivity index (χ2v) is 8.80. The Balaban J connectivity index is 1.53. The summed E-state index contributed by atoms with van der Waals surface area (Å²) in [6.45, 7) is 8.24. The molecule has 0 atom stereocenters. The zero-order chi connectivity index (χ0) is 23.0. The first-order valence-corrected chi connectivity index (χ1v) is 10.8. The van der Waals surface area contributed by atoms with E-state index in [0.717, 1.165) is 27.3 Å². The number of aromatic nitrogens is 1. The van der Waals surface area contributed by atoms with Crippen LogP contribution in [-0.4, -0.2) is 21.6 Å². The molecule has 0 unspecified atom stereocenters. The van der Waals surface area contributed by atoms with Gasteiger partial charge in [-0.25, -0.2) is 5.43 Å². The summed E-state index contributed by atoms with van der Waals surface area (Å²) in [4.78, 5) is 23.5. The van der Waals surface area contributed by atoms with Crippen molar-refractivity contribution < 1.29 is 9.72 Å². The topological polar surface area (TPSA) is 89.5 Å². The molecule has 8 heteroatoms. The van der Waals surface area contributed by atoms with Gasteiger partial charge < -0.3 is 4.57 Å². The van der Waals surface area contributed by atoms with Gasteiger partial charge in [-0.2, -0.15) is 5.10 Å². The number of hydrazone groups is 1. The number of carbonyl (C=O) groups is 1. The summed E-state index contributed by atoms with van der Waals surface area (Å²) >= 11 is 1.27. The first-order chi connectivity index (χ1) is 15.2. The summed E-state index contributed by atoms with van der Waals surface area (Å²) in [7, 11) is 0. The average molecular weight is 447 g/mol. The molecule has 0 spiro atoms. The summed E-state index contributed by atoms with van der Waals surface area (Å²) in [5, 5.41) is 15.7. The van der Waals surface area contributed by atoms with Crippen molar-refractivity contribution in [3.05, 3.63) is 91.6 Å². The number of nitro groups is 1. The minimum Gasteiger partial charge on any atom is -0.318 e. The van der Waals surface area contributed by atoms with Crippen LogP contribution in [0.3, 0.4) is 0 Å². The van der Waals surface area contributed by atoms with Gasteiger partial charge in [0.05, 0.1) is 16.0 Å². The Morgan fingerprint density at radius 3 is 2.56 bits per heavy atom. The molecule has 0 radical (unpaired) electrons. The Labute approximate surface area is 189 Å². The standard InChI is InChI=1S/C24H22N4O3S/c1-14-5-6-20(9-15(14)2)27-16(3)10-19(17(27)4)13-25-26-24(29)23-12-18-11-21(28(30)31)7-8-22(18)32-23/h5-13H,1-4H3,(H,26,29)/b25-13-. The van der Waals surface area contributed by atoms with Crippen molar-refractivity contribution >= 4 is 39.2 Å². The van der Waals surface area contributed by atoms with Gasteiger partial charge in [0, 0.05) is 44.9 Å². The monoisotopic (exact) mass is 446 g/mol. The zero-order valence-electron chi connectivity index (χ0n) is 18.2. The Morgan fingerprint density at radius 1 is 1.06 bits per heavy atom. The number of fused-ring (bicyclic) bond motifs is 1. The molecule has 4 rings (SSSR count). The third kappa shape index (κ3) is 4.04. The van der Waals surface area contributed by atoms with Gasteiger partial charge in [0.1, 0.15) is 0 Å². The molecule has 0 saturated carbocycles. The summed E-state index contributed by atoms with van der Waals surface area (Å²) in [6, 6.07) is 14.6. The first kappa shape index (κ1) is 21.5. The van der Waals surface area contributed by atoms with Crippen molar-refractivity contribution in [2.45, 2.75) is 27.7 Å². The molecule has 1 amide bonds. The fourth-order valence-electron chi connectivity index (χ4n) is 3.65. The highest BCUT2D eigenvalue weighted by atomic mass is 32.1. The van der Waals surface area contributed by atoms with Gasteiger partial charge in [-0.3, -0.25) is 14.9 Å². The number of amides is 1. The first-order valence-electron chi connectivity index (χ1n) is 10.0. The number of nitro benzene ring substituents is 1. The van der Waals surface area contributed by atoms with E-state index in [1.54, 1.807) is 18.3 Å². The van der Waals surface area contributed by atoms with E-state index in [1.165, 1.54) is 34.6 Å². The predicted octanol–water partition coefficient (Wildman–Crippen LogP) is 5.60. The van der Waals surface area contributed by atoms with Gasteiger partial charge in [-0.05, 0) is 69.2 Å². The second-order valence-electron chi connectivity index (χ2n) is 7.72. The van der Waals surface area contributed by atoms with Gasteiger partial charge in [-0.15, -0.1) is 11.3 Å². The van der Waals surface area contributed by atoms with Crippen molar-refractivity contribution in [1.82, 2.24) is 9.99 Å². The molecule has 0 aliphatic carbocycles. The molecule has 32 heavy (non-hydrogen) atoms. The van der Waals surface area contributed by atoms with Crippen LogP contribution in [0.5, 0.6) is 0 Å². The van der Waals surface area contributed by atoms with Gasteiger partial charge >= 0.3 is 0 Å². The number of nitrogens with one attached hydrogen (secondary N) is 1. The summed E-state index contributed by atoms with van der Waals surface area (Å²) in [5.41, 5.74) is 9.13. The number of hydrogen-bond acceptors (Lipinski definition) is 5. The van der Waals surface area contributed by atoms with Gasteiger partial charge in [-0.1, -0.05) is 6.07 Å². The fourth-order valence-corrected chi connectivity index (χ4v) is 4.59. The number of thiophene rings is 1. The van der Waals surface area contributed by atoms with Crippen LogP contribution < -0.4 is 5.43 Å². The Kier molecular flexibility index (Phi) is 5.63. The SMILES string of the molecule is Cc1ccc(-n2c(C)cc(/C=N\NC(=O)c3cc4cc([N+](=O)[O-])ccc4s3)c2C)cc1C. The van der Waals surface area contributed by atoms with E-state index < -0.39 is 4.92 Å². The van der Waals surface area contributed by atoms with Crippen LogP contribution in [0.25, 0.3) is 15.8 Å². The largest absolute Gasteiger partial charge is 0.318 e. The predicted molar refractivity (Wildman–Crippen MR) is 128 cm³/mol. The summed E-state index contributed by atoms with van der Waals surface area (Å²) in [6.07, 6.45) is 1.63. The molecule has 0 aliphatic rings. The summed E-state index contributed by atoms with van der Waals surface area (Å²) in [5.74, 6) is -0.354. The van der Waals surface area contributed by atoms with E-state index in [1.807, 2.05) is 19.9 Å². The highest BCUT2D eigenvalue weighted by Gasteiger charge is 2.14. The number of non-ortho nitro benzene ring substituents is 1. The number of rotatable bonds is 5. The lowest BCUT2D eigenvalue weighted by Crippen LogP contribution is -2.16. The van der Waals surface area contributed by atoms with Crippen LogP contribution in [-0.2, 0) is 0 Å². The minimum absolute atomic E-state index is 0.000550. The maximum atomic E-state index is 12.5. The van der Waals surface area contributed by atoms with E-state index in [2.05, 4.69) is 47.1 Å². The highest BCUT2D eigenvalue weighted by molar-refractivity contribution is 7.20. The summed E-state index contributed by atoms with van der Waals surface area (Å²) < 4.78 is 2.97. The third-order valence-corrected chi connectivity index (χ3v) is 6.64. The molecule has 0 fully saturated rings. The zero-order valence-corrected chi connectivity index (χ0v) is 19.0. The van der Waals surface area contributed by atoms with Crippen LogP contribution in [0.2, 0.25) is 0 Å². The normalized spacial score (nSPS) is 11.4. The lowest BCUT2D eigenvalue weighted by atomic mass is 10.1. The fraction of sp³-hybridized carbons (Fsp3) is 0.167. The van der Waals surface area contributed by atoms with Gasteiger partial charge in [0.2, 0.25) is 0 Å². The molecule has 4 aromatic rings. The Bertz CT molecular complexity index is 1400. The lowest BCUT2D eigenvalue weighted by Gasteiger charge is -2.11. The number of carbonyl (C=O) groups excluding carboxylic acids is 1. The molecular weight excluding hydrogens is 424 g/mol. The number of hydrogen-bond donors (Lipinski definition) is 1. The molecule has 162 valence electrons. The molecule has 2 aromatic carbocycles. The Morgan fingerprint density at radius 2 is 1.84 bits per heavy atom. The van der Waals surface area contributed by atoms with Crippen LogP contribution in [0.1, 0.15) is 37.7 Å². The van der Waals surface area contributed by atoms with Crippen molar-refractivity contribution in [2.24, 2.45) is 5.10 Å². The van der Waals surface area contributed by atoms with Crippen LogP contribution in [0, 0.1) is 37.8 Å². The van der Waals surface area contributed by atoms with Gasteiger partial charge in [0.15, 0.2) is 0 Å². The molecule has 0 bridgehead atoms. The maximum Gasteiger partial charge on any atom is 0.281 e. The van der Waals surface area contributed by atoms with E-state index in [9.17, 15) is 14.9 Å². The lowest BCUT2D eigenvalue weighted by molar-refractivity contribution is -0.384. The van der Waals surface area contributed by atoms with E-state index in [0.29, 0.717) is 10.3 Å². The quantitative estimate of drug-likeness (QED) is 0.246. The third-order valence-electron chi connectivity index (χ3n) is 5.52.